The lowest BCUT2D eigenvalue weighted by molar-refractivity contribution is 0.0912. The summed E-state index contributed by atoms with van der Waals surface area (Å²) in [6, 6.07) is 13.0. The number of likely N-dealkylation sites (tertiary alicyclic amines) is 1. The van der Waals surface area contributed by atoms with E-state index in [4.69, 9.17) is 9.47 Å². The van der Waals surface area contributed by atoms with Crippen molar-refractivity contribution in [2.75, 3.05) is 26.2 Å². The Morgan fingerprint density at radius 1 is 0.842 bits per heavy atom. The maximum Gasteiger partial charge on any atom is 0.200 e. The van der Waals surface area contributed by atoms with Crippen molar-refractivity contribution in [2.45, 2.75) is 18.9 Å². The minimum atomic E-state index is -0.940. The molecule has 1 saturated heterocycles. The van der Waals surface area contributed by atoms with E-state index < -0.39 is 29.8 Å². The Kier molecular flexibility index (Phi) is 7.37. The molecule has 0 spiro atoms. The number of carbonyl (C=O) groups is 2. The van der Waals surface area contributed by atoms with Gasteiger partial charge in [-0.1, -0.05) is 0 Å². The largest absolute Gasteiger partial charge is 0.505 e. The van der Waals surface area contributed by atoms with Crippen LogP contribution in [-0.2, 0) is 0 Å². The van der Waals surface area contributed by atoms with Crippen LogP contribution in [0.25, 0.3) is 0 Å². The van der Waals surface area contributed by atoms with Crippen LogP contribution in [-0.4, -0.2) is 53.9 Å². The van der Waals surface area contributed by atoms with E-state index in [9.17, 15) is 27.9 Å². The number of nitrogens with zero attached hydrogens (tertiary/aromatic N) is 1. The molecule has 1 aliphatic heterocycles. The number of phenolic OH excluding ortho intramolecular Hbond substituents is 1. The summed E-state index contributed by atoms with van der Waals surface area (Å²) in [7, 11) is 0. The number of ether oxygens (including phenoxy) is 2. The van der Waals surface area contributed by atoms with Crippen LogP contribution in [0.3, 0.4) is 0 Å². The number of Topliss-reactive ketones (excluding diaryl/α,β-unsaturated/α-hetero) is 2. The summed E-state index contributed by atoms with van der Waals surface area (Å²) in [5, 5.41) is 9.23. The van der Waals surface area contributed by atoms with Crippen LogP contribution in [0.5, 0.6) is 17.2 Å². The first-order chi connectivity index (χ1) is 18.2. The fourth-order valence-corrected chi connectivity index (χ4v) is 5.27. The highest BCUT2D eigenvalue weighted by Gasteiger charge is 2.42. The minimum Gasteiger partial charge on any atom is -0.505 e. The molecule has 1 heterocycles. The molecule has 2 fully saturated rings. The van der Waals surface area contributed by atoms with Crippen LogP contribution < -0.4 is 9.47 Å². The number of hydrogen-bond donors (Lipinski definition) is 1. The fraction of sp³-hybridized carbons (Fsp3) is 0.310. The predicted octanol–water partition coefficient (Wildman–Crippen LogP) is 5.04. The first-order valence-electron chi connectivity index (χ1n) is 12.4. The monoisotopic (exact) mass is 525 g/mol. The molecule has 3 atom stereocenters. The standard InChI is InChI=1S/C29H26F3NO5/c30-21-3-5-22(6-4-21)38-23-9-19-13-33(14-20(19)10-23)15-27(35)17-2-8-29(25(32)12-17)37-16-28(36)18-1-7-26(34)24(31)11-18/h1-8,11-12,19-20,23,34H,9-10,13-16H2/t19-,20+,23?. The van der Waals surface area contributed by atoms with Crippen LogP contribution in [0.1, 0.15) is 33.6 Å². The molecule has 0 aromatic heterocycles. The van der Waals surface area contributed by atoms with Crippen LogP contribution in [0.2, 0.25) is 0 Å². The van der Waals surface area contributed by atoms with Crippen molar-refractivity contribution < 1.29 is 37.3 Å². The van der Waals surface area contributed by atoms with Gasteiger partial charge < -0.3 is 14.6 Å². The van der Waals surface area contributed by atoms with Gasteiger partial charge in [0.1, 0.15) is 11.6 Å². The van der Waals surface area contributed by atoms with Crippen molar-refractivity contribution in [3.63, 3.8) is 0 Å². The summed E-state index contributed by atoms with van der Waals surface area (Å²) in [6.07, 6.45) is 1.79. The molecule has 0 bridgehead atoms. The highest BCUT2D eigenvalue weighted by atomic mass is 19.1. The SMILES string of the molecule is O=C(COc1ccc(C(=O)CN2C[C@H]3CC(Oc4ccc(F)cc4)C[C@H]3C2)cc1F)c1ccc(O)c(F)c1. The molecule has 6 nitrogen and oxygen atoms in total. The third-order valence-corrected chi connectivity index (χ3v) is 7.15. The van der Waals surface area contributed by atoms with Gasteiger partial charge in [0.25, 0.3) is 0 Å². The molecular formula is C29H26F3NO5. The molecule has 0 amide bonds. The van der Waals surface area contributed by atoms with Crippen LogP contribution in [0.4, 0.5) is 13.2 Å². The maximum atomic E-state index is 14.6. The van der Waals surface area contributed by atoms with Gasteiger partial charge in [-0.15, -0.1) is 0 Å². The van der Waals surface area contributed by atoms with E-state index in [2.05, 4.69) is 4.90 Å². The van der Waals surface area contributed by atoms with Crippen molar-refractivity contribution in [2.24, 2.45) is 11.8 Å². The summed E-state index contributed by atoms with van der Waals surface area (Å²) in [5.74, 6) is -2.15. The number of aromatic hydroxyl groups is 1. The van der Waals surface area contributed by atoms with E-state index in [1.165, 1.54) is 30.3 Å². The normalized spacial score (nSPS) is 20.8. The Bertz CT molecular complexity index is 1330. The second-order valence-electron chi connectivity index (χ2n) is 9.83. The number of hydrogen-bond acceptors (Lipinski definition) is 6. The molecule has 38 heavy (non-hydrogen) atoms. The lowest BCUT2D eigenvalue weighted by Crippen LogP contribution is -2.30. The van der Waals surface area contributed by atoms with Gasteiger partial charge in [0.15, 0.2) is 41.3 Å². The van der Waals surface area contributed by atoms with Crippen molar-refractivity contribution in [1.29, 1.82) is 0 Å². The minimum absolute atomic E-state index is 0.0174. The Balaban J connectivity index is 1.10. The highest BCUT2D eigenvalue weighted by molar-refractivity contribution is 5.98. The number of halogens is 3. The molecule has 5 rings (SSSR count). The zero-order chi connectivity index (χ0) is 26.8. The lowest BCUT2D eigenvalue weighted by atomic mass is 10.0. The lowest BCUT2D eigenvalue weighted by Gasteiger charge is -2.19. The van der Waals surface area contributed by atoms with Gasteiger partial charge in [-0.3, -0.25) is 14.5 Å². The van der Waals surface area contributed by atoms with Crippen LogP contribution in [0, 0.1) is 29.3 Å². The highest BCUT2D eigenvalue weighted by Crippen LogP contribution is 2.39. The number of carbonyl (C=O) groups excluding carboxylic acids is 2. The second kappa shape index (κ2) is 10.9. The molecule has 0 radical (unpaired) electrons. The van der Waals surface area contributed by atoms with Gasteiger partial charge in [-0.25, -0.2) is 13.2 Å². The summed E-state index contributed by atoms with van der Waals surface area (Å²) in [5.41, 5.74) is 0.188. The van der Waals surface area contributed by atoms with Crippen molar-refractivity contribution >= 4 is 11.6 Å². The van der Waals surface area contributed by atoms with Crippen molar-refractivity contribution in [3.8, 4) is 17.2 Å². The molecule has 198 valence electrons. The van der Waals surface area contributed by atoms with E-state index in [0.717, 1.165) is 44.1 Å². The molecule has 3 aromatic carbocycles. The molecule has 1 saturated carbocycles. The average Bonchev–Trinajstić information content (AvgIpc) is 3.44. The summed E-state index contributed by atoms with van der Waals surface area (Å²) in [6.45, 7) is 1.14. The molecule has 1 aliphatic carbocycles. The zero-order valence-electron chi connectivity index (χ0n) is 20.4. The summed E-state index contributed by atoms with van der Waals surface area (Å²) < 4.78 is 52.4. The molecule has 2 aliphatic rings. The first-order valence-corrected chi connectivity index (χ1v) is 12.4. The van der Waals surface area contributed by atoms with Gasteiger partial charge in [-0.05, 0) is 85.3 Å². The van der Waals surface area contributed by atoms with Crippen molar-refractivity contribution in [3.05, 3.63) is 89.2 Å². The predicted molar refractivity (Wildman–Crippen MR) is 132 cm³/mol. The number of phenols is 1. The third-order valence-electron chi connectivity index (χ3n) is 7.15. The van der Waals surface area contributed by atoms with E-state index in [1.807, 2.05) is 0 Å². The number of fused-ring (bicyclic) bond motifs is 1. The fourth-order valence-electron chi connectivity index (χ4n) is 5.27. The van der Waals surface area contributed by atoms with Gasteiger partial charge in [-0.2, -0.15) is 0 Å². The number of benzene rings is 3. The van der Waals surface area contributed by atoms with E-state index in [0.29, 0.717) is 17.6 Å². The number of ketones is 2. The molecule has 1 unspecified atom stereocenters. The average molecular weight is 526 g/mol. The smallest absolute Gasteiger partial charge is 0.200 e. The van der Waals surface area contributed by atoms with Gasteiger partial charge in [0.05, 0.1) is 12.6 Å². The first kappa shape index (κ1) is 25.8. The van der Waals surface area contributed by atoms with E-state index >= 15 is 0 Å². The second-order valence-corrected chi connectivity index (χ2v) is 9.83. The molecule has 9 heteroatoms. The van der Waals surface area contributed by atoms with Gasteiger partial charge >= 0.3 is 0 Å². The van der Waals surface area contributed by atoms with E-state index in [1.54, 1.807) is 12.1 Å². The summed E-state index contributed by atoms with van der Waals surface area (Å²) in [4.78, 5) is 27.1. The summed E-state index contributed by atoms with van der Waals surface area (Å²) >= 11 is 0. The Hall–Kier alpha value is -3.85. The topological polar surface area (TPSA) is 76.1 Å². The molecule has 1 N–H and O–H groups in total. The zero-order valence-corrected chi connectivity index (χ0v) is 20.4. The van der Waals surface area contributed by atoms with E-state index in [-0.39, 0.29) is 41.1 Å². The van der Waals surface area contributed by atoms with Gasteiger partial charge in [0.2, 0.25) is 0 Å². The maximum absolute atomic E-state index is 14.6. The Morgan fingerprint density at radius 2 is 1.47 bits per heavy atom. The third kappa shape index (κ3) is 5.83. The molecular weight excluding hydrogens is 499 g/mol. The Labute approximate surface area is 217 Å². The van der Waals surface area contributed by atoms with Crippen molar-refractivity contribution in [1.82, 2.24) is 4.90 Å². The number of rotatable bonds is 9. The van der Waals surface area contributed by atoms with Crippen LogP contribution in [0.15, 0.2) is 60.7 Å². The molecule has 3 aromatic rings. The quantitative estimate of drug-likeness (QED) is 0.395. The Morgan fingerprint density at radius 3 is 2.13 bits per heavy atom. The van der Waals surface area contributed by atoms with Gasteiger partial charge in [0, 0.05) is 24.2 Å². The van der Waals surface area contributed by atoms with Crippen LogP contribution >= 0.6 is 0 Å².